The van der Waals surface area contributed by atoms with Gasteiger partial charge in [0.15, 0.2) is 0 Å². The van der Waals surface area contributed by atoms with Crippen molar-refractivity contribution in [2.45, 2.75) is 46.1 Å². The summed E-state index contributed by atoms with van der Waals surface area (Å²) in [5.74, 6) is 2.14. The first-order chi connectivity index (χ1) is 8.49. The van der Waals surface area contributed by atoms with Crippen molar-refractivity contribution in [3.05, 3.63) is 11.3 Å². The lowest BCUT2D eigenvalue weighted by molar-refractivity contribution is 0.432. The van der Waals surface area contributed by atoms with E-state index in [-0.39, 0.29) is 6.04 Å². The third-order valence-corrected chi connectivity index (χ3v) is 3.92. The first-order valence-corrected chi connectivity index (χ1v) is 7.02. The van der Waals surface area contributed by atoms with E-state index in [0.29, 0.717) is 0 Å². The summed E-state index contributed by atoms with van der Waals surface area (Å²) in [6.45, 7) is 8.79. The maximum absolute atomic E-state index is 5.97. The quantitative estimate of drug-likeness (QED) is 0.890. The molecule has 0 aliphatic carbocycles. The average Bonchev–Trinajstić information content (AvgIpc) is 2.55. The predicted molar refractivity (Wildman–Crippen MR) is 75.9 cm³/mol. The summed E-state index contributed by atoms with van der Waals surface area (Å²) in [6.07, 6.45) is 3.48. The number of nitrogens with two attached hydrogens (primary N) is 1. The normalized spacial score (nSPS) is 19.3. The Morgan fingerprint density at radius 1 is 1.39 bits per heavy atom. The van der Waals surface area contributed by atoms with Gasteiger partial charge in [-0.1, -0.05) is 6.92 Å². The van der Waals surface area contributed by atoms with E-state index in [1.54, 1.807) is 0 Å². The van der Waals surface area contributed by atoms with Gasteiger partial charge in [-0.25, -0.2) is 0 Å². The smallest absolute Gasteiger partial charge is 0.130 e. The second kappa shape index (κ2) is 5.31. The summed E-state index contributed by atoms with van der Waals surface area (Å²) in [5.41, 5.74) is 8.43. The van der Waals surface area contributed by atoms with Crippen LogP contribution < -0.4 is 10.6 Å². The molecule has 0 aromatic carbocycles. The predicted octanol–water partition coefficient (Wildman–Crippen LogP) is 1.85. The van der Waals surface area contributed by atoms with Gasteiger partial charge in [-0.05, 0) is 39.0 Å². The zero-order chi connectivity index (χ0) is 13.3. The molecule has 1 atom stereocenters. The van der Waals surface area contributed by atoms with E-state index >= 15 is 0 Å². The highest BCUT2D eigenvalue weighted by atomic mass is 15.4. The van der Waals surface area contributed by atoms with Crippen molar-refractivity contribution < 1.29 is 0 Å². The van der Waals surface area contributed by atoms with Crippen molar-refractivity contribution in [1.82, 2.24) is 9.78 Å². The van der Waals surface area contributed by atoms with Gasteiger partial charge in [0.2, 0.25) is 0 Å². The van der Waals surface area contributed by atoms with E-state index in [0.717, 1.165) is 31.1 Å². The van der Waals surface area contributed by atoms with Crippen LogP contribution >= 0.6 is 0 Å². The third kappa shape index (κ3) is 2.69. The molecule has 1 aliphatic rings. The minimum Gasteiger partial charge on any atom is -0.357 e. The zero-order valence-electron chi connectivity index (χ0n) is 12.1. The lowest BCUT2D eigenvalue weighted by Gasteiger charge is -2.32. The summed E-state index contributed by atoms with van der Waals surface area (Å²) < 4.78 is 2.03. The van der Waals surface area contributed by atoms with Crippen molar-refractivity contribution >= 4 is 5.82 Å². The molecule has 1 aromatic rings. The number of piperidine rings is 1. The van der Waals surface area contributed by atoms with Gasteiger partial charge in [0.05, 0.1) is 5.69 Å². The largest absolute Gasteiger partial charge is 0.357 e. The summed E-state index contributed by atoms with van der Waals surface area (Å²) in [4.78, 5) is 2.48. The summed E-state index contributed by atoms with van der Waals surface area (Å²) in [7, 11) is 2.05. The fraction of sp³-hybridized carbons (Fsp3) is 0.786. The van der Waals surface area contributed by atoms with Crippen molar-refractivity contribution in [1.29, 1.82) is 0 Å². The molecule has 0 bridgehead atoms. The number of aromatic nitrogens is 2. The Morgan fingerprint density at radius 3 is 2.56 bits per heavy atom. The van der Waals surface area contributed by atoms with E-state index in [2.05, 4.69) is 30.8 Å². The molecule has 0 spiro atoms. The highest BCUT2D eigenvalue weighted by molar-refractivity contribution is 5.51. The highest BCUT2D eigenvalue weighted by Crippen LogP contribution is 2.28. The maximum atomic E-state index is 5.97. The molecule has 2 heterocycles. The molecule has 4 heteroatoms. The molecule has 2 rings (SSSR count). The minimum atomic E-state index is 0.190. The number of nitrogens with zero attached hydrogens (tertiary/aromatic N) is 3. The molecule has 1 fully saturated rings. The first kappa shape index (κ1) is 13.4. The van der Waals surface area contributed by atoms with Gasteiger partial charge in [-0.3, -0.25) is 4.68 Å². The number of anilines is 1. The van der Waals surface area contributed by atoms with Crippen LogP contribution in [0.25, 0.3) is 0 Å². The molecule has 0 amide bonds. The van der Waals surface area contributed by atoms with Gasteiger partial charge < -0.3 is 10.6 Å². The van der Waals surface area contributed by atoms with Gasteiger partial charge in [0.25, 0.3) is 0 Å². The highest BCUT2D eigenvalue weighted by Gasteiger charge is 2.23. The van der Waals surface area contributed by atoms with Crippen molar-refractivity contribution in [2.75, 3.05) is 18.0 Å². The van der Waals surface area contributed by atoms with E-state index in [1.807, 2.05) is 11.7 Å². The van der Waals surface area contributed by atoms with Crippen LogP contribution in [0.15, 0.2) is 0 Å². The molecule has 1 unspecified atom stereocenters. The summed E-state index contributed by atoms with van der Waals surface area (Å²) in [5, 5.41) is 4.58. The van der Waals surface area contributed by atoms with Crippen LogP contribution in [0, 0.1) is 12.8 Å². The Bertz CT molecular complexity index is 400. The molecule has 0 radical (unpaired) electrons. The molecule has 2 N–H and O–H groups in total. The van der Waals surface area contributed by atoms with Crippen LogP contribution in [0.5, 0.6) is 0 Å². The fourth-order valence-electron chi connectivity index (χ4n) is 2.87. The lowest BCUT2D eigenvalue weighted by Crippen LogP contribution is -2.35. The van der Waals surface area contributed by atoms with Gasteiger partial charge in [-0.2, -0.15) is 5.10 Å². The van der Waals surface area contributed by atoms with Crippen LogP contribution in [0.4, 0.5) is 5.82 Å². The first-order valence-electron chi connectivity index (χ1n) is 7.02. The molecular formula is C14H26N4. The van der Waals surface area contributed by atoms with Gasteiger partial charge >= 0.3 is 0 Å². The second-order valence-corrected chi connectivity index (χ2v) is 5.86. The van der Waals surface area contributed by atoms with Crippen molar-refractivity contribution in [3.8, 4) is 0 Å². The molecule has 1 saturated heterocycles. The van der Waals surface area contributed by atoms with Crippen LogP contribution in [-0.4, -0.2) is 28.9 Å². The van der Waals surface area contributed by atoms with Crippen molar-refractivity contribution in [3.63, 3.8) is 0 Å². The second-order valence-electron chi connectivity index (χ2n) is 5.86. The molecule has 1 aliphatic heterocycles. The van der Waals surface area contributed by atoms with Gasteiger partial charge in [0.1, 0.15) is 5.82 Å². The average molecular weight is 250 g/mol. The fourth-order valence-corrected chi connectivity index (χ4v) is 2.87. The number of hydrogen-bond acceptors (Lipinski definition) is 3. The summed E-state index contributed by atoms with van der Waals surface area (Å²) >= 11 is 0. The monoisotopic (exact) mass is 250 g/mol. The number of aryl methyl sites for hydroxylation is 2. The number of hydrogen-bond donors (Lipinski definition) is 1. The summed E-state index contributed by atoms with van der Waals surface area (Å²) in [6, 6.07) is 0.190. The van der Waals surface area contributed by atoms with E-state index < -0.39 is 0 Å². The maximum Gasteiger partial charge on any atom is 0.130 e. The Hall–Kier alpha value is -1.03. The Balaban J connectivity index is 2.25. The van der Waals surface area contributed by atoms with Crippen LogP contribution in [0.3, 0.4) is 0 Å². The molecule has 18 heavy (non-hydrogen) atoms. The topological polar surface area (TPSA) is 47.1 Å². The van der Waals surface area contributed by atoms with E-state index in [1.165, 1.54) is 24.2 Å². The number of rotatable bonds is 3. The van der Waals surface area contributed by atoms with E-state index in [4.69, 9.17) is 5.73 Å². The molecule has 4 nitrogen and oxygen atoms in total. The van der Waals surface area contributed by atoms with Crippen LogP contribution in [-0.2, 0) is 13.5 Å². The van der Waals surface area contributed by atoms with Crippen LogP contribution in [0.1, 0.15) is 37.9 Å². The molecule has 102 valence electrons. The zero-order valence-corrected chi connectivity index (χ0v) is 12.1. The molecular weight excluding hydrogens is 224 g/mol. The molecule has 0 saturated carbocycles. The lowest BCUT2D eigenvalue weighted by atomic mass is 9.98. The van der Waals surface area contributed by atoms with Crippen molar-refractivity contribution in [2.24, 2.45) is 18.7 Å². The van der Waals surface area contributed by atoms with Gasteiger partial charge in [0, 0.05) is 31.7 Å². The Kier molecular flexibility index (Phi) is 3.95. The Labute approximate surface area is 110 Å². The Morgan fingerprint density at radius 2 is 2.00 bits per heavy atom. The molecule has 1 aromatic heterocycles. The standard InChI is InChI=1S/C14H26N4/c1-10-5-7-18(8-6-10)14-13(9-11(2)15)12(3)16-17(14)4/h10-11H,5-9,15H2,1-4H3. The van der Waals surface area contributed by atoms with Crippen LogP contribution in [0.2, 0.25) is 0 Å². The third-order valence-electron chi connectivity index (χ3n) is 3.92. The van der Waals surface area contributed by atoms with Gasteiger partial charge in [-0.15, -0.1) is 0 Å². The van der Waals surface area contributed by atoms with E-state index in [9.17, 15) is 0 Å². The minimum absolute atomic E-state index is 0.190. The SMILES string of the molecule is Cc1nn(C)c(N2CCC(C)CC2)c1CC(C)N.